The first kappa shape index (κ1) is 25.0. The van der Waals surface area contributed by atoms with E-state index in [0.717, 1.165) is 11.1 Å². The van der Waals surface area contributed by atoms with Gasteiger partial charge in [0.1, 0.15) is 17.1 Å². The lowest BCUT2D eigenvalue weighted by atomic mass is 9.88. The van der Waals surface area contributed by atoms with Gasteiger partial charge in [0, 0.05) is 66.3 Å². The van der Waals surface area contributed by atoms with E-state index >= 15 is 0 Å². The molecule has 9 nitrogen and oxygen atoms in total. The average molecular weight is 532 g/mol. The molecule has 3 heterocycles. The Morgan fingerprint density at radius 2 is 1.73 bits per heavy atom. The quantitative estimate of drug-likeness (QED) is 0.323. The van der Waals surface area contributed by atoms with E-state index in [4.69, 9.17) is 4.74 Å². The molecule has 40 heavy (non-hydrogen) atoms. The smallest absolute Gasteiger partial charge is 0.268 e. The number of pyridine rings is 2. The average Bonchev–Trinajstić information content (AvgIpc) is 3.40. The van der Waals surface area contributed by atoms with Crippen molar-refractivity contribution in [2.24, 2.45) is 7.05 Å². The second kappa shape index (κ2) is 10.5. The number of Topliss-reactive ketones (excluding diaryl/α,β-unsaturated/α-hetero) is 1. The van der Waals surface area contributed by atoms with Gasteiger partial charge in [0.15, 0.2) is 5.78 Å². The van der Waals surface area contributed by atoms with E-state index in [-0.39, 0.29) is 11.3 Å². The molecule has 9 heteroatoms. The van der Waals surface area contributed by atoms with Gasteiger partial charge >= 0.3 is 0 Å². The van der Waals surface area contributed by atoms with Gasteiger partial charge in [0.25, 0.3) is 11.5 Å². The molecule has 0 aliphatic heterocycles. The molecular weight excluding hydrogens is 506 g/mol. The molecule has 1 aliphatic rings. The molecule has 0 saturated heterocycles. The summed E-state index contributed by atoms with van der Waals surface area (Å²) in [7, 11) is 1.84. The normalized spacial score (nSPS) is 12.6. The lowest BCUT2D eigenvalue weighted by molar-refractivity contribution is 0.0971. The van der Waals surface area contributed by atoms with Gasteiger partial charge < -0.3 is 10.1 Å². The number of hydrogen-bond donors (Lipinski definition) is 1. The highest BCUT2D eigenvalue weighted by Crippen LogP contribution is 2.33. The Morgan fingerprint density at radius 3 is 2.48 bits per heavy atom. The third-order valence-corrected chi connectivity index (χ3v) is 6.85. The second-order valence-electron chi connectivity index (χ2n) is 9.54. The fraction of sp³-hybridized carbons (Fsp3) is 0.129. The molecule has 1 amide bonds. The molecule has 1 aliphatic carbocycles. The highest BCUT2D eigenvalue weighted by Gasteiger charge is 2.28. The molecule has 198 valence electrons. The third-order valence-electron chi connectivity index (χ3n) is 6.85. The summed E-state index contributed by atoms with van der Waals surface area (Å²) in [6, 6.07) is 17.6. The van der Waals surface area contributed by atoms with E-state index in [9.17, 15) is 14.4 Å². The van der Waals surface area contributed by atoms with Crippen molar-refractivity contribution in [3.63, 3.8) is 0 Å². The monoisotopic (exact) mass is 531 g/mol. The number of nitrogens with one attached hydrogen (secondary N) is 1. The first-order valence-electron chi connectivity index (χ1n) is 12.9. The van der Waals surface area contributed by atoms with Crippen LogP contribution in [-0.4, -0.2) is 31.0 Å². The molecule has 0 spiro atoms. The zero-order valence-corrected chi connectivity index (χ0v) is 21.7. The van der Waals surface area contributed by atoms with Gasteiger partial charge in [0.05, 0.1) is 6.20 Å². The van der Waals surface area contributed by atoms with Gasteiger partial charge in [-0.05, 0) is 60.9 Å². The number of aromatic nitrogens is 4. The van der Waals surface area contributed by atoms with Crippen LogP contribution in [0, 0.1) is 0 Å². The fourth-order valence-electron chi connectivity index (χ4n) is 4.90. The maximum atomic E-state index is 13.5. The standard InChI is InChI=1S/C31H25N5O4/c1-35-18-20(16-33-35)25-17-32-15-14-28(25)40-23-12-10-21(11-13-23)34-30(38)29-24-8-5-9-27(37)26(24)19-36(31(29)39)22-6-3-2-4-7-22/h2-4,6-7,10-19H,5,8-9H2,1H3,(H,34,38). The minimum atomic E-state index is -0.553. The van der Waals surface area contributed by atoms with Crippen LogP contribution >= 0.6 is 0 Å². The number of nitrogens with zero attached hydrogens (tertiary/aromatic N) is 4. The molecule has 0 fully saturated rings. The largest absolute Gasteiger partial charge is 0.457 e. The number of anilines is 1. The molecule has 0 radical (unpaired) electrons. The number of rotatable bonds is 6. The van der Waals surface area contributed by atoms with Crippen LogP contribution in [-0.2, 0) is 13.5 Å². The molecule has 2 aromatic carbocycles. The van der Waals surface area contributed by atoms with Crippen LogP contribution < -0.4 is 15.6 Å². The number of carbonyl (C=O) groups excluding carboxylic acids is 2. The Labute approximate surface area is 229 Å². The summed E-state index contributed by atoms with van der Waals surface area (Å²) < 4.78 is 9.19. The number of fused-ring (bicyclic) bond motifs is 1. The summed E-state index contributed by atoms with van der Waals surface area (Å²) in [5.74, 6) is 0.552. The number of benzene rings is 2. The van der Waals surface area contributed by atoms with Crippen molar-refractivity contribution in [1.82, 2.24) is 19.3 Å². The Kier molecular flexibility index (Phi) is 6.53. The summed E-state index contributed by atoms with van der Waals surface area (Å²) in [5.41, 5.74) is 3.21. The first-order chi connectivity index (χ1) is 19.5. The predicted molar refractivity (Wildman–Crippen MR) is 150 cm³/mol. The van der Waals surface area contributed by atoms with Gasteiger partial charge in [-0.25, -0.2) is 0 Å². The lowest BCUT2D eigenvalue weighted by Crippen LogP contribution is -2.33. The molecular formula is C31H25N5O4. The van der Waals surface area contributed by atoms with Crippen LogP contribution in [0.15, 0.2) is 96.4 Å². The minimum absolute atomic E-state index is 0.00683. The van der Waals surface area contributed by atoms with E-state index in [2.05, 4.69) is 15.4 Å². The van der Waals surface area contributed by atoms with Crippen molar-refractivity contribution in [1.29, 1.82) is 0 Å². The summed E-state index contributed by atoms with van der Waals surface area (Å²) >= 11 is 0. The predicted octanol–water partition coefficient (Wildman–Crippen LogP) is 5.20. The molecule has 0 bridgehead atoms. The Bertz CT molecular complexity index is 1790. The second-order valence-corrected chi connectivity index (χ2v) is 9.54. The Balaban J connectivity index is 1.28. The number of ketones is 1. The number of hydrogen-bond acceptors (Lipinski definition) is 6. The van der Waals surface area contributed by atoms with Crippen molar-refractivity contribution < 1.29 is 14.3 Å². The van der Waals surface area contributed by atoms with Crippen molar-refractivity contribution >= 4 is 17.4 Å². The highest BCUT2D eigenvalue weighted by molar-refractivity contribution is 6.08. The van der Waals surface area contributed by atoms with E-state index in [0.29, 0.717) is 53.3 Å². The number of para-hydroxylation sites is 1. The maximum Gasteiger partial charge on any atom is 0.268 e. The van der Waals surface area contributed by atoms with Gasteiger partial charge in [-0.2, -0.15) is 5.10 Å². The molecule has 1 N–H and O–H groups in total. The summed E-state index contributed by atoms with van der Waals surface area (Å²) in [6.07, 6.45) is 10.0. The highest BCUT2D eigenvalue weighted by atomic mass is 16.5. The van der Waals surface area contributed by atoms with E-state index in [1.807, 2.05) is 19.3 Å². The molecule has 0 unspecified atom stereocenters. The fourth-order valence-corrected chi connectivity index (χ4v) is 4.90. The van der Waals surface area contributed by atoms with Crippen LogP contribution in [0.3, 0.4) is 0 Å². The first-order valence-corrected chi connectivity index (χ1v) is 12.9. The molecule has 3 aromatic heterocycles. The Hall–Kier alpha value is -5.31. The van der Waals surface area contributed by atoms with E-state index in [1.165, 1.54) is 4.57 Å². The van der Waals surface area contributed by atoms with Crippen LogP contribution in [0.25, 0.3) is 16.8 Å². The van der Waals surface area contributed by atoms with Crippen molar-refractivity contribution in [2.45, 2.75) is 19.3 Å². The van der Waals surface area contributed by atoms with Gasteiger partial charge in [-0.1, -0.05) is 18.2 Å². The van der Waals surface area contributed by atoms with Crippen molar-refractivity contribution in [3.8, 4) is 28.3 Å². The molecule has 5 aromatic rings. The van der Waals surface area contributed by atoms with Gasteiger partial charge in [-0.15, -0.1) is 0 Å². The number of ether oxygens (including phenoxy) is 1. The zero-order chi connectivity index (χ0) is 27.6. The lowest BCUT2D eigenvalue weighted by Gasteiger charge is -2.20. The van der Waals surface area contributed by atoms with E-state index in [1.54, 1.807) is 84.1 Å². The van der Waals surface area contributed by atoms with Crippen molar-refractivity contribution in [2.75, 3.05) is 5.32 Å². The van der Waals surface area contributed by atoms with Crippen LogP contribution in [0.5, 0.6) is 11.5 Å². The van der Waals surface area contributed by atoms with Crippen LogP contribution in [0.1, 0.15) is 39.1 Å². The molecule has 6 rings (SSSR count). The van der Waals surface area contributed by atoms with Crippen molar-refractivity contribution in [3.05, 3.63) is 119 Å². The number of carbonyl (C=O) groups is 2. The summed E-state index contributed by atoms with van der Waals surface area (Å²) in [4.78, 5) is 44.0. The van der Waals surface area contributed by atoms with Crippen LogP contribution in [0.2, 0.25) is 0 Å². The zero-order valence-electron chi connectivity index (χ0n) is 21.7. The molecule has 0 atom stereocenters. The van der Waals surface area contributed by atoms with E-state index < -0.39 is 11.5 Å². The van der Waals surface area contributed by atoms with Gasteiger partial charge in [0.2, 0.25) is 0 Å². The number of aryl methyl sites for hydroxylation is 1. The summed E-state index contributed by atoms with van der Waals surface area (Å²) in [6.45, 7) is 0. The maximum absolute atomic E-state index is 13.5. The SMILES string of the molecule is Cn1cc(-c2cnccc2Oc2ccc(NC(=O)c3c4c(cn(-c5ccccc5)c3=O)C(=O)CCC4)cc2)cn1. The summed E-state index contributed by atoms with van der Waals surface area (Å²) in [5, 5.41) is 7.05. The topological polar surface area (TPSA) is 108 Å². The molecule has 0 saturated carbocycles. The van der Waals surface area contributed by atoms with Crippen LogP contribution in [0.4, 0.5) is 5.69 Å². The minimum Gasteiger partial charge on any atom is -0.457 e. The Morgan fingerprint density at radius 1 is 0.925 bits per heavy atom. The third kappa shape index (κ3) is 4.80. The number of amides is 1. The van der Waals surface area contributed by atoms with Gasteiger partial charge in [-0.3, -0.25) is 28.6 Å².